The molecule has 0 fully saturated rings. The number of benzene rings is 2. The number of aryl methyl sites for hydroxylation is 1. The zero-order valence-electron chi connectivity index (χ0n) is 14.8. The van der Waals surface area contributed by atoms with Crippen LogP contribution >= 0.6 is 0 Å². The molecule has 0 unspecified atom stereocenters. The minimum atomic E-state index is 0.396. The Morgan fingerprint density at radius 3 is 2.42 bits per heavy atom. The van der Waals surface area contributed by atoms with Gasteiger partial charge in [0.2, 0.25) is 0 Å². The molecule has 2 aromatic heterocycles. The maximum atomic E-state index is 6.47. The first-order valence-corrected chi connectivity index (χ1v) is 8.46. The summed E-state index contributed by atoms with van der Waals surface area (Å²) in [4.78, 5) is 4.68. The van der Waals surface area contributed by atoms with Crippen LogP contribution in [0.3, 0.4) is 0 Å². The van der Waals surface area contributed by atoms with Gasteiger partial charge in [-0.15, -0.1) is 0 Å². The van der Waals surface area contributed by atoms with E-state index in [-0.39, 0.29) is 0 Å². The van der Waals surface area contributed by atoms with E-state index in [4.69, 9.17) is 10.5 Å². The summed E-state index contributed by atoms with van der Waals surface area (Å²) in [6.45, 7) is 2.46. The van der Waals surface area contributed by atoms with Gasteiger partial charge in [-0.25, -0.2) is 4.98 Å². The third-order valence-corrected chi connectivity index (χ3v) is 4.46. The smallest absolute Gasteiger partial charge is 0.165 e. The van der Waals surface area contributed by atoms with Gasteiger partial charge < -0.3 is 10.5 Å². The molecular formula is C21H20N4O. The number of ether oxygens (including phenoxy) is 1. The molecule has 5 nitrogen and oxygen atoms in total. The molecule has 0 aliphatic carbocycles. The third-order valence-electron chi connectivity index (χ3n) is 4.46. The Bertz CT molecular complexity index is 1050. The zero-order valence-corrected chi connectivity index (χ0v) is 14.8. The van der Waals surface area contributed by atoms with Crippen LogP contribution < -0.4 is 5.73 Å². The Morgan fingerprint density at radius 1 is 1.00 bits per heavy atom. The molecule has 0 radical (unpaired) electrons. The van der Waals surface area contributed by atoms with Crippen molar-refractivity contribution in [3.63, 3.8) is 0 Å². The Balaban J connectivity index is 1.94. The van der Waals surface area contributed by atoms with E-state index in [9.17, 15) is 0 Å². The second-order valence-corrected chi connectivity index (χ2v) is 6.28. The number of hydrogen-bond acceptors (Lipinski definition) is 4. The number of anilines is 1. The molecule has 2 heterocycles. The van der Waals surface area contributed by atoms with E-state index < -0.39 is 0 Å². The lowest BCUT2D eigenvalue weighted by Gasteiger charge is -2.08. The molecule has 2 aromatic carbocycles. The SMILES string of the molecule is COCc1nn2c(N)c(-c3ccc(C)cc3)cnc2c1-c1ccccc1. The fourth-order valence-electron chi connectivity index (χ4n) is 3.14. The lowest BCUT2D eigenvalue weighted by atomic mass is 10.1. The van der Waals surface area contributed by atoms with E-state index in [2.05, 4.69) is 29.1 Å². The summed E-state index contributed by atoms with van der Waals surface area (Å²) in [6, 6.07) is 18.3. The minimum Gasteiger partial charge on any atom is -0.383 e. The quantitative estimate of drug-likeness (QED) is 0.605. The van der Waals surface area contributed by atoms with Crippen molar-refractivity contribution in [1.82, 2.24) is 14.6 Å². The van der Waals surface area contributed by atoms with Gasteiger partial charge in [0, 0.05) is 18.9 Å². The fraction of sp³-hybridized carbons (Fsp3) is 0.143. The number of fused-ring (bicyclic) bond motifs is 1. The average molecular weight is 344 g/mol. The molecule has 26 heavy (non-hydrogen) atoms. The van der Waals surface area contributed by atoms with Crippen LogP contribution in [0.4, 0.5) is 5.82 Å². The summed E-state index contributed by atoms with van der Waals surface area (Å²) in [7, 11) is 1.66. The fourth-order valence-corrected chi connectivity index (χ4v) is 3.14. The lowest BCUT2D eigenvalue weighted by Crippen LogP contribution is -2.03. The largest absolute Gasteiger partial charge is 0.383 e. The molecule has 0 bridgehead atoms. The number of hydrogen-bond donors (Lipinski definition) is 1. The molecule has 0 saturated carbocycles. The Kier molecular flexibility index (Phi) is 4.14. The minimum absolute atomic E-state index is 0.396. The number of nitrogens with zero attached hydrogens (tertiary/aromatic N) is 3. The predicted octanol–water partition coefficient (Wildman–Crippen LogP) is 4.10. The molecule has 130 valence electrons. The highest BCUT2D eigenvalue weighted by atomic mass is 16.5. The normalized spacial score (nSPS) is 11.2. The zero-order chi connectivity index (χ0) is 18.1. The van der Waals surface area contributed by atoms with Gasteiger partial charge in [0.25, 0.3) is 0 Å². The van der Waals surface area contributed by atoms with E-state index in [1.165, 1.54) is 5.56 Å². The highest BCUT2D eigenvalue weighted by Gasteiger charge is 2.19. The van der Waals surface area contributed by atoms with Crippen molar-refractivity contribution in [3.05, 3.63) is 72.1 Å². The van der Waals surface area contributed by atoms with Gasteiger partial charge in [0.1, 0.15) is 5.82 Å². The standard InChI is InChI=1S/C21H20N4O/c1-14-8-10-15(11-9-14)17-12-23-21-19(16-6-4-3-5-7-16)18(13-26-2)24-25(21)20(17)22/h3-12H,13,22H2,1-2H3. The summed E-state index contributed by atoms with van der Waals surface area (Å²) in [6.07, 6.45) is 1.82. The topological polar surface area (TPSA) is 65.4 Å². The highest BCUT2D eigenvalue weighted by Crippen LogP contribution is 2.32. The first kappa shape index (κ1) is 16.3. The van der Waals surface area contributed by atoms with E-state index >= 15 is 0 Å². The first-order valence-electron chi connectivity index (χ1n) is 8.46. The molecule has 0 saturated heterocycles. The Labute approximate surface area is 152 Å². The molecule has 0 spiro atoms. The van der Waals surface area contributed by atoms with Crippen molar-refractivity contribution in [2.75, 3.05) is 12.8 Å². The molecule has 0 atom stereocenters. The van der Waals surface area contributed by atoms with E-state index in [1.54, 1.807) is 11.6 Å². The van der Waals surface area contributed by atoms with E-state index in [0.717, 1.165) is 33.6 Å². The van der Waals surface area contributed by atoms with Gasteiger partial charge in [0.15, 0.2) is 5.65 Å². The van der Waals surface area contributed by atoms with Crippen molar-refractivity contribution >= 4 is 11.5 Å². The van der Waals surface area contributed by atoms with E-state index in [1.807, 2.05) is 48.7 Å². The molecule has 2 N–H and O–H groups in total. The Morgan fingerprint density at radius 2 is 1.73 bits per heavy atom. The maximum Gasteiger partial charge on any atom is 0.165 e. The Hall–Kier alpha value is -3.18. The van der Waals surface area contributed by atoms with Crippen LogP contribution in [-0.2, 0) is 11.3 Å². The number of rotatable bonds is 4. The maximum absolute atomic E-state index is 6.47. The third kappa shape index (κ3) is 2.72. The van der Waals surface area contributed by atoms with Crippen molar-refractivity contribution < 1.29 is 4.74 Å². The lowest BCUT2D eigenvalue weighted by molar-refractivity contribution is 0.181. The van der Waals surface area contributed by atoms with Crippen LogP contribution in [0.25, 0.3) is 27.9 Å². The van der Waals surface area contributed by atoms with Crippen LogP contribution in [0.1, 0.15) is 11.3 Å². The van der Waals surface area contributed by atoms with Crippen LogP contribution in [0.15, 0.2) is 60.8 Å². The van der Waals surface area contributed by atoms with Gasteiger partial charge in [0.05, 0.1) is 17.9 Å². The molecule has 0 amide bonds. The number of nitrogens with two attached hydrogens (primary N) is 1. The second kappa shape index (κ2) is 6.61. The summed E-state index contributed by atoms with van der Waals surface area (Å²) in [5.74, 6) is 0.568. The summed E-state index contributed by atoms with van der Waals surface area (Å²) in [5, 5.41) is 4.69. The number of nitrogen functional groups attached to an aromatic ring is 1. The molecule has 0 aliphatic heterocycles. The van der Waals surface area contributed by atoms with Crippen molar-refractivity contribution in [2.45, 2.75) is 13.5 Å². The van der Waals surface area contributed by atoms with Crippen LogP contribution in [0.2, 0.25) is 0 Å². The van der Waals surface area contributed by atoms with E-state index in [0.29, 0.717) is 12.4 Å². The summed E-state index contributed by atoms with van der Waals surface area (Å²) >= 11 is 0. The second-order valence-electron chi connectivity index (χ2n) is 6.28. The summed E-state index contributed by atoms with van der Waals surface area (Å²) < 4.78 is 7.06. The van der Waals surface area contributed by atoms with Crippen LogP contribution in [0.5, 0.6) is 0 Å². The molecule has 5 heteroatoms. The number of methoxy groups -OCH3 is 1. The first-order chi connectivity index (χ1) is 12.7. The van der Waals surface area contributed by atoms with Crippen molar-refractivity contribution in [2.24, 2.45) is 0 Å². The van der Waals surface area contributed by atoms with Gasteiger partial charge in [-0.2, -0.15) is 9.61 Å². The van der Waals surface area contributed by atoms with Crippen LogP contribution in [-0.4, -0.2) is 21.7 Å². The van der Waals surface area contributed by atoms with Gasteiger partial charge in [-0.3, -0.25) is 0 Å². The molecular weight excluding hydrogens is 324 g/mol. The summed E-state index contributed by atoms with van der Waals surface area (Å²) in [5.41, 5.74) is 13.1. The molecule has 0 aliphatic rings. The van der Waals surface area contributed by atoms with Gasteiger partial charge >= 0.3 is 0 Å². The van der Waals surface area contributed by atoms with Crippen molar-refractivity contribution in [3.8, 4) is 22.3 Å². The predicted molar refractivity (Wildman–Crippen MR) is 104 cm³/mol. The molecule has 4 rings (SSSR count). The van der Waals surface area contributed by atoms with Crippen LogP contribution in [0, 0.1) is 6.92 Å². The number of aromatic nitrogens is 3. The highest BCUT2D eigenvalue weighted by molar-refractivity contribution is 5.83. The van der Waals surface area contributed by atoms with Crippen molar-refractivity contribution in [1.29, 1.82) is 0 Å². The van der Waals surface area contributed by atoms with Gasteiger partial charge in [-0.05, 0) is 18.1 Å². The molecule has 4 aromatic rings. The monoisotopic (exact) mass is 344 g/mol. The average Bonchev–Trinajstić information content (AvgIpc) is 3.03. The van der Waals surface area contributed by atoms with Gasteiger partial charge in [-0.1, -0.05) is 60.2 Å².